The molecule has 0 aliphatic heterocycles. The van der Waals surface area contributed by atoms with Gasteiger partial charge < -0.3 is 0 Å². The van der Waals surface area contributed by atoms with Gasteiger partial charge in [-0.3, -0.25) is 0 Å². The van der Waals surface area contributed by atoms with Crippen molar-refractivity contribution in [2.75, 3.05) is 0 Å². The zero-order valence-electron chi connectivity index (χ0n) is 12.1. The first-order chi connectivity index (χ1) is 10.8. The van der Waals surface area contributed by atoms with E-state index in [2.05, 4.69) is 4.72 Å². The molecule has 2 rings (SSSR count). The third kappa shape index (κ3) is 5.61. The first-order valence-corrected chi connectivity index (χ1v) is 9.70. The van der Waals surface area contributed by atoms with Crippen LogP contribution in [0.3, 0.4) is 0 Å². The largest absolute Gasteiger partial charge is 0.238 e. The summed E-state index contributed by atoms with van der Waals surface area (Å²) in [5, 5.41) is 6.08. The standard InChI is InChI=1S/C15H16N2O4S2/c16-23(20,21)15-8-6-14(7-9-15)12-17-22(18,19)11-10-13-4-2-1-3-5-13/h1-11,17H,12H2,(H2,16,20,21). The first kappa shape index (κ1) is 17.4. The van der Waals surface area contributed by atoms with Gasteiger partial charge in [0.1, 0.15) is 0 Å². The van der Waals surface area contributed by atoms with Crippen molar-refractivity contribution < 1.29 is 16.8 Å². The van der Waals surface area contributed by atoms with Crippen molar-refractivity contribution in [2.45, 2.75) is 11.4 Å². The van der Waals surface area contributed by atoms with E-state index < -0.39 is 20.0 Å². The normalized spacial score (nSPS) is 12.6. The van der Waals surface area contributed by atoms with Crippen molar-refractivity contribution in [1.29, 1.82) is 0 Å². The van der Waals surface area contributed by atoms with Crippen molar-refractivity contribution in [1.82, 2.24) is 4.72 Å². The Morgan fingerprint density at radius 2 is 1.52 bits per heavy atom. The Morgan fingerprint density at radius 1 is 0.913 bits per heavy atom. The van der Waals surface area contributed by atoms with Gasteiger partial charge in [-0.2, -0.15) is 0 Å². The number of nitrogens with two attached hydrogens (primary N) is 1. The van der Waals surface area contributed by atoms with Crippen molar-refractivity contribution in [3.8, 4) is 0 Å². The predicted molar refractivity (Wildman–Crippen MR) is 89.1 cm³/mol. The fourth-order valence-electron chi connectivity index (χ4n) is 1.76. The molecule has 0 radical (unpaired) electrons. The third-order valence-corrected chi connectivity index (χ3v) is 4.94. The molecule has 0 amide bonds. The topological polar surface area (TPSA) is 106 Å². The van der Waals surface area contributed by atoms with Crippen molar-refractivity contribution >= 4 is 26.1 Å². The van der Waals surface area contributed by atoms with Crippen LogP contribution in [-0.2, 0) is 26.6 Å². The van der Waals surface area contributed by atoms with Crippen LogP contribution in [0.15, 0.2) is 64.9 Å². The number of rotatable bonds is 6. The van der Waals surface area contributed by atoms with Gasteiger partial charge >= 0.3 is 0 Å². The molecule has 0 bridgehead atoms. The molecule has 0 heterocycles. The smallest absolute Gasteiger partial charge is 0.225 e. The molecule has 0 spiro atoms. The molecule has 23 heavy (non-hydrogen) atoms. The summed E-state index contributed by atoms with van der Waals surface area (Å²) in [4.78, 5) is -0.0203. The number of nitrogens with one attached hydrogen (secondary N) is 1. The molecule has 2 aromatic rings. The Hall–Kier alpha value is -2.00. The number of benzene rings is 2. The quantitative estimate of drug-likeness (QED) is 0.820. The van der Waals surface area contributed by atoms with Gasteiger partial charge in [-0.25, -0.2) is 26.7 Å². The van der Waals surface area contributed by atoms with Gasteiger partial charge in [-0.15, -0.1) is 0 Å². The van der Waals surface area contributed by atoms with E-state index in [1.807, 2.05) is 18.2 Å². The Bertz CT molecular complexity index is 888. The molecule has 0 fully saturated rings. The summed E-state index contributed by atoms with van der Waals surface area (Å²) >= 11 is 0. The average molecular weight is 352 g/mol. The lowest BCUT2D eigenvalue weighted by Crippen LogP contribution is -2.20. The average Bonchev–Trinajstić information content (AvgIpc) is 2.52. The zero-order valence-corrected chi connectivity index (χ0v) is 13.7. The van der Waals surface area contributed by atoms with Crippen LogP contribution in [0.1, 0.15) is 11.1 Å². The minimum absolute atomic E-state index is 0.0203. The first-order valence-electron chi connectivity index (χ1n) is 6.61. The molecule has 2 aromatic carbocycles. The highest BCUT2D eigenvalue weighted by atomic mass is 32.2. The van der Waals surface area contributed by atoms with Gasteiger partial charge in [0.25, 0.3) is 0 Å². The Morgan fingerprint density at radius 3 is 2.09 bits per heavy atom. The highest BCUT2D eigenvalue weighted by molar-refractivity contribution is 7.92. The summed E-state index contributed by atoms with van der Waals surface area (Å²) in [5.74, 6) is 0. The van der Waals surface area contributed by atoms with Gasteiger partial charge in [-0.05, 0) is 29.3 Å². The maximum Gasteiger partial charge on any atom is 0.238 e. The van der Waals surface area contributed by atoms with E-state index in [0.717, 1.165) is 11.0 Å². The van der Waals surface area contributed by atoms with Crippen LogP contribution < -0.4 is 9.86 Å². The fourth-order valence-corrected chi connectivity index (χ4v) is 3.08. The second-order valence-corrected chi connectivity index (χ2v) is 7.98. The molecule has 8 heteroatoms. The van der Waals surface area contributed by atoms with Crippen LogP contribution in [-0.4, -0.2) is 16.8 Å². The highest BCUT2D eigenvalue weighted by Gasteiger charge is 2.08. The fraction of sp³-hybridized carbons (Fsp3) is 0.0667. The van der Waals surface area contributed by atoms with Crippen molar-refractivity contribution in [2.24, 2.45) is 5.14 Å². The number of primary sulfonamides is 1. The van der Waals surface area contributed by atoms with Gasteiger partial charge in [-0.1, -0.05) is 42.5 Å². The minimum Gasteiger partial charge on any atom is -0.225 e. The second kappa shape index (κ2) is 7.05. The van der Waals surface area contributed by atoms with E-state index in [4.69, 9.17) is 5.14 Å². The summed E-state index contributed by atoms with van der Waals surface area (Å²) in [5.41, 5.74) is 1.39. The number of hydrogen-bond acceptors (Lipinski definition) is 4. The van der Waals surface area contributed by atoms with E-state index in [9.17, 15) is 16.8 Å². The van der Waals surface area contributed by atoms with E-state index in [1.54, 1.807) is 12.1 Å². The molecule has 0 aromatic heterocycles. The molecule has 0 atom stereocenters. The molecule has 0 saturated heterocycles. The molecular weight excluding hydrogens is 336 g/mol. The van der Waals surface area contributed by atoms with Crippen molar-refractivity contribution in [3.63, 3.8) is 0 Å². The lowest BCUT2D eigenvalue weighted by Gasteiger charge is -2.04. The van der Waals surface area contributed by atoms with Gasteiger partial charge in [0.05, 0.1) is 4.90 Å². The molecule has 0 saturated carbocycles. The predicted octanol–water partition coefficient (Wildman–Crippen LogP) is 1.42. The summed E-state index contributed by atoms with van der Waals surface area (Å²) < 4.78 is 48.5. The molecule has 6 nitrogen and oxygen atoms in total. The maximum absolute atomic E-state index is 11.9. The van der Waals surface area contributed by atoms with Gasteiger partial charge in [0.15, 0.2) is 0 Å². The number of hydrogen-bond donors (Lipinski definition) is 2. The van der Waals surface area contributed by atoms with Gasteiger partial charge in [0, 0.05) is 12.0 Å². The third-order valence-electron chi connectivity index (χ3n) is 2.97. The highest BCUT2D eigenvalue weighted by Crippen LogP contribution is 2.09. The molecule has 3 N–H and O–H groups in total. The lowest BCUT2D eigenvalue weighted by molar-refractivity contribution is 0.590. The summed E-state index contributed by atoms with van der Waals surface area (Å²) in [6.07, 6.45) is 1.49. The summed E-state index contributed by atoms with van der Waals surface area (Å²) in [6.45, 7) is 0.0480. The summed E-state index contributed by atoms with van der Waals surface area (Å²) in [6, 6.07) is 14.7. The molecular formula is C15H16N2O4S2. The minimum atomic E-state index is -3.75. The molecule has 122 valence electrons. The van der Waals surface area contributed by atoms with E-state index >= 15 is 0 Å². The molecule has 0 aliphatic rings. The number of sulfonamides is 2. The molecule has 0 unspecified atom stereocenters. The van der Waals surface area contributed by atoms with E-state index in [-0.39, 0.29) is 11.4 Å². The Kier molecular flexibility index (Phi) is 5.32. The van der Waals surface area contributed by atoms with Crippen LogP contribution in [0.25, 0.3) is 6.08 Å². The Balaban J connectivity index is 2.01. The lowest BCUT2D eigenvalue weighted by atomic mass is 10.2. The SMILES string of the molecule is NS(=O)(=O)c1ccc(CNS(=O)(=O)C=Cc2ccccc2)cc1. The van der Waals surface area contributed by atoms with E-state index in [0.29, 0.717) is 5.56 Å². The van der Waals surface area contributed by atoms with E-state index in [1.165, 1.54) is 30.3 Å². The monoisotopic (exact) mass is 352 g/mol. The van der Waals surface area contributed by atoms with Crippen LogP contribution >= 0.6 is 0 Å². The van der Waals surface area contributed by atoms with Crippen LogP contribution in [0.2, 0.25) is 0 Å². The van der Waals surface area contributed by atoms with Crippen LogP contribution in [0.4, 0.5) is 0 Å². The summed E-state index contributed by atoms with van der Waals surface area (Å²) in [7, 11) is -7.34. The van der Waals surface area contributed by atoms with Gasteiger partial charge in [0.2, 0.25) is 20.0 Å². The second-order valence-electron chi connectivity index (χ2n) is 4.77. The Labute approximate surface area is 135 Å². The van der Waals surface area contributed by atoms with Crippen molar-refractivity contribution in [3.05, 3.63) is 71.1 Å². The zero-order chi connectivity index (χ0) is 16.9. The maximum atomic E-state index is 11.9. The van der Waals surface area contributed by atoms with Crippen LogP contribution in [0.5, 0.6) is 0 Å². The molecule has 0 aliphatic carbocycles. The van der Waals surface area contributed by atoms with Crippen LogP contribution in [0, 0.1) is 0 Å².